The number of benzene rings is 2. The van der Waals surface area contributed by atoms with Gasteiger partial charge in [-0.2, -0.15) is 0 Å². The van der Waals surface area contributed by atoms with Crippen LogP contribution in [0.15, 0.2) is 54.6 Å². The first kappa shape index (κ1) is 21.2. The van der Waals surface area contributed by atoms with Gasteiger partial charge in [-0.15, -0.1) is 10.2 Å². The average molecular weight is 435 g/mol. The van der Waals surface area contributed by atoms with E-state index in [2.05, 4.69) is 34.6 Å². The molecule has 2 amide bonds. The van der Waals surface area contributed by atoms with Gasteiger partial charge in [0.15, 0.2) is 0 Å². The van der Waals surface area contributed by atoms with Gasteiger partial charge in [0.1, 0.15) is 5.01 Å². The van der Waals surface area contributed by atoms with Gasteiger partial charge in [-0.05, 0) is 36.1 Å². The summed E-state index contributed by atoms with van der Waals surface area (Å²) in [5, 5.41) is 12.6. The summed E-state index contributed by atoms with van der Waals surface area (Å²) >= 11 is 1.35. The Labute approximate surface area is 186 Å². The molecule has 0 radical (unpaired) electrons. The molecule has 1 aliphatic rings. The molecule has 31 heavy (non-hydrogen) atoms. The second-order valence-corrected chi connectivity index (χ2v) is 8.74. The molecule has 4 rings (SSSR count). The van der Waals surface area contributed by atoms with Crippen molar-refractivity contribution in [2.24, 2.45) is 0 Å². The number of carbonyl (C=O) groups excluding carboxylic acids is 2. The lowest BCUT2D eigenvalue weighted by Gasteiger charge is -2.16. The van der Waals surface area contributed by atoms with E-state index in [-0.39, 0.29) is 23.7 Å². The van der Waals surface area contributed by atoms with E-state index in [0.717, 1.165) is 22.7 Å². The highest BCUT2D eigenvalue weighted by molar-refractivity contribution is 7.15. The van der Waals surface area contributed by atoms with E-state index in [1.807, 2.05) is 54.3 Å². The van der Waals surface area contributed by atoms with Gasteiger partial charge in [-0.25, -0.2) is 0 Å². The van der Waals surface area contributed by atoms with E-state index in [1.165, 1.54) is 16.9 Å². The first-order chi connectivity index (χ1) is 15.1. The first-order valence-corrected chi connectivity index (χ1v) is 11.5. The molecule has 1 fully saturated rings. The third-order valence-corrected chi connectivity index (χ3v) is 6.73. The van der Waals surface area contributed by atoms with Crippen molar-refractivity contribution in [1.82, 2.24) is 10.2 Å². The topological polar surface area (TPSA) is 75.2 Å². The van der Waals surface area contributed by atoms with Crippen LogP contribution in [0.1, 0.15) is 54.7 Å². The maximum Gasteiger partial charge on any atom is 0.233 e. The molecule has 2 aromatic carbocycles. The molecule has 6 nitrogen and oxygen atoms in total. The molecule has 7 heteroatoms. The summed E-state index contributed by atoms with van der Waals surface area (Å²) in [4.78, 5) is 27.2. The van der Waals surface area contributed by atoms with E-state index < -0.39 is 0 Å². The number of amides is 2. The second-order valence-electron chi connectivity index (χ2n) is 7.73. The molecular formula is C24H26N4O2S. The second kappa shape index (κ2) is 9.39. The largest absolute Gasteiger partial charge is 0.312 e. The fourth-order valence-corrected chi connectivity index (χ4v) is 4.77. The van der Waals surface area contributed by atoms with Gasteiger partial charge in [0, 0.05) is 24.6 Å². The summed E-state index contributed by atoms with van der Waals surface area (Å²) in [5.74, 6) is -0.248. The summed E-state index contributed by atoms with van der Waals surface area (Å²) in [6, 6.07) is 17.9. The number of anilines is 2. The summed E-state index contributed by atoms with van der Waals surface area (Å²) < 4.78 is 0. The predicted molar refractivity (Wildman–Crippen MR) is 124 cm³/mol. The van der Waals surface area contributed by atoms with Crippen LogP contribution < -0.4 is 10.2 Å². The Hall–Kier alpha value is -3.06. The van der Waals surface area contributed by atoms with Crippen molar-refractivity contribution in [1.29, 1.82) is 0 Å². The molecule has 160 valence electrons. The highest BCUT2D eigenvalue weighted by Crippen LogP contribution is 2.34. The van der Waals surface area contributed by atoms with E-state index in [1.54, 1.807) is 0 Å². The zero-order valence-corrected chi connectivity index (χ0v) is 18.6. The number of aryl methyl sites for hydroxylation is 1. The lowest BCUT2D eigenvalue weighted by molar-refractivity contribution is -0.118. The Morgan fingerprint density at radius 2 is 1.87 bits per heavy atom. The van der Waals surface area contributed by atoms with Gasteiger partial charge in [-0.3, -0.25) is 14.9 Å². The molecule has 1 saturated heterocycles. The number of hydrogen-bond acceptors (Lipinski definition) is 5. The van der Waals surface area contributed by atoms with Crippen molar-refractivity contribution in [2.45, 2.75) is 44.9 Å². The maximum absolute atomic E-state index is 12.8. The van der Waals surface area contributed by atoms with Gasteiger partial charge in [0.2, 0.25) is 16.9 Å². The predicted octanol–water partition coefficient (Wildman–Crippen LogP) is 4.75. The minimum absolute atomic E-state index is 0.0161. The zero-order chi connectivity index (χ0) is 21.8. The molecule has 0 bridgehead atoms. The van der Waals surface area contributed by atoms with E-state index >= 15 is 0 Å². The maximum atomic E-state index is 12.8. The van der Waals surface area contributed by atoms with Crippen LogP contribution in [0.4, 0.5) is 10.8 Å². The van der Waals surface area contributed by atoms with Crippen LogP contribution in [-0.4, -0.2) is 28.6 Å². The van der Waals surface area contributed by atoms with E-state index in [9.17, 15) is 9.59 Å². The Kier molecular flexibility index (Phi) is 6.42. The Morgan fingerprint density at radius 1 is 1.13 bits per heavy atom. The number of rotatable bonds is 7. The summed E-state index contributed by atoms with van der Waals surface area (Å²) in [6.07, 6.45) is 2.07. The summed E-state index contributed by atoms with van der Waals surface area (Å²) in [6.45, 7) is 4.68. The third-order valence-electron chi connectivity index (χ3n) is 5.73. The van der Waals surface area contributed by atoms with Crippen LogP contribution in [0.3, 0.4) is 0 Å². The number of carbonyl (C=O) groups is 2. The molecule has 1 aliphatic heterocycles. The molecule has 1 N–H and O–H groups in total. The fraction of sp³-hybridized carbons (Fsp3) is 0.333. The number of hydrogen-bond donors (Lipinski definition) is 1. The monoisotopic (exact) mass is 434 g/mol. The minimum atomic E-state index is -0.233. The van der Waals surface area contributed by atoms with Gasteiger partial charge >= 0.3 is 0 Å². The van der Waals surface area contributed by atoms with Crippen LogP contribution >= 0.6 is 11.3 Å². The third kappa shape index (κ3) is 4.66. The molecule has 0 saturated carbocycles. The molecule has 0 spiro atoms. The lowest BCUT2D eigenvalue weighted by Crippen LogP contribution is -2.24. The molecule has 2 unspecified atom stereocenters. The number of nitrogens with one attached hydrogen (secondary N) is 1. The highest BCUT2D eigenvalue weighted by Gasteiger charge is 2.34. The standard InChI is InChI=1S/C24H26N4O2S/c1-3-16-10-12-19(13-11-16)28-15-18(14-21(28)29)23-26-27-24(31-23)25-22(30)20(4-2)17-8-6-5-7-9-17/h5-13,18,20H,3-4,14-15H2,1-2H3,(H,25,27,30). The Balaban J connectivity index is 1.42. The number of nitrogens with zero attached hydrogens (tertiary/aromatic N) is 3. The van der Waals surface area contributed by atoms with E-state index in [0.29, 0.717) is 24.5 Å². The van der Waals surface area contributed by atoms with Crippen LogP contribution in [-0.2, 0) is 16.0 Å². The summed E-state index contributed by atoms with van der Waals surface area (Å²) in [5.41, 5.74) is 3.15. The summed E-state index contributed by atoms with van der Waals surface area (Å²) in [7, 11) is 0. The quantitative estimate of drug-likeness (QED) is 0.582. The van der Waals surface area contributed by atoms with Crippen LogP contribution in [0, 0.1) is 0 Å². The minimum Gasteiger partial charge on any atom is -0.312 e. The van der Waals surface area contributed by atoms with Crippen molar-refractivity contribution in [2.75, 3.05) is 16.8 Å². The molecule has 1 aromatic heterocycles. The van der Waals surface area contributed by atoms with Gasteiger partial charge in [0.05, 0.1) is 5.92 Å². The van der Waals surface area contributed by atoms with Crippen LogP contribution in [0.25, 0.3) is 0 Å². The van der Waals surface area contributed by atoms with Crippen molar-refractivity contribution in [3.8, 4) is 0 Å². The Morgan fingerprint density at radius 3 is 2.55 bits per heavy atom. The molecule has 3 aromatic rings. The fourth-order valence-electron chi connectivity index (χ4n) is 3.93. The van der Waals surface area contributed by atoms with Gasteiger partial charge < -0.3 is 4.90 Å². The van der Waals surface area contributed by atoms with Crippen molar-refractivity contribution < 1.29 is 9.59 Å². The molecular weight excluding hydrogens is 408 g/mol. The van der Waals surface area contributed by atoms with Gasteiger partial charge in [0.25, 0.3) is 0 Å². The van der Waals surface area contributed by atoms with Crippen molar-refractivity contribution in [3.63, 3.8) is 0 Å². The van der Waals surface area contributed by atoms with Gasteiger partial charge in [-0.1, -0.05) is 67.6 Å². The Bertz CT molecular complexity index is 1050. The first-order valence-electron chi connectivity index (χ1n) is 10.7. The SMILES string of the molecule is CCc1ccc(N2CC(c3nnc(NC(=O)C(CC)c4ccccc4)s3)CC2=O)cc1. The average Bonchev–Trinajstić information content (AvgIpc) is 3.41. The van der Waals surface area contributed by atoms with Crippen LogP contribution in [0.2, 0.25) is 0 Å². The zero-order valence-electron chi connectivity index (χ0n) is 17.7. The van der Waals surface area contributed by atoms with Crippen molar-refractivity contribution in [3.05, 3.63) is 70.7 Å². The van der Waals surface area contributed by atoms with Crippen LogP contribution in [0.5, 0.6) is 0 Å². The highest BCUT2D eigenvalue weighted by atomic mass is 32.1. The smallest absolute Gasteiger partial charge is 0.233 e. The van der Waals surface area contributed by atoms with E-state index in [4.69, 9.17) is 0 Å². The lowest BCUT2D eigenvalue weighted by atomic mass is 9.96. The number of aromatic nitrogens is 2. The van der Waals surface area contributed by atoms with Crippen molar-refractivity contribution >= 4 is 34.0 Å². The molecule has 0 aliphatic carbocycles. The normalized spacial score (nSPS) is 17.0. The molecule has 2 heterocycles. The molecule has 2 atom stereocenters.